The van der Waals surface area contributed by atoms with Crippen LogP contribution in [0.2, 0.25) is 0 Å². The maximum absolute atomic E-state index is 13.0. The molecule has 37 heavy (non-hydrogen) atoms. The highest BCUT2D eigenvalue weighted by atomic mass is 32.2. The lowest BCUT2D eigenvalue weighted by molar-refractivity contribution is 0.102. The van der Waals surface area contributed by atoms with Gasteiger partial charge in [-0.05, 0) is 80.1 Å². The molecule has 0 saturated heterocycles. The van der Waals surface area contributed by atoms with Gasteiger partial charge in [0.15, 0.2) is 0 Å². The Bertz CT molecular complexity index is 1650. The van der Waals surface area contributed by atoms with Gasteiger partial charge >= 0.3 is 0 Å². The van der Waals surface area contributed by atoms with E-state index in [1.807, 2.05) is 19.9 Å². The molecule has 3 N–H and O–H groups in total. The zero-order valence-electron chi connectivity index (χ0n) is 20.1. The number of hydrogen-bond acceptors (Lipinski definition) is 5. The van der Waals surface area contributed by atoms with Gasteiger partial charge in [-0.3, -0.25) is 14.2 Å². The molecule has 0 heterocycles. The molecular weight excluding hydrogens is 510 g/mol. The van der Waals surface area contributed by atoms with Gasteiger partial charge in [0.2, 0.25) is 0 Å². The van der Waals surface area contributed by atoms with E-state index in [0.29, 0.717) is 11.4 Å². The van der Waals surface area contributed by atoms with Gasteiger partial charge in [0.25, 0.3) is 26.0 Å². The molecule has 0 radical (unpaired) electrons. The number of sulfonamides is 2. The van der Waals surface area contributed by atoms with Crippen molar-refractivity contribution in [3.63, 3.8) is 0 Å². The zero-order chi connectivity index (χ0) is 26.6. The number of carbonyl (C=O) groups is 1. The first-order chi connectivity index (χ1) is 17.5. The molecule has 0 bridgehead atoms. The molecule has 0 aliphatic heterocycles. The van der Waals surface area contributed by atoms with E-state index in [2.05, 4.69) is 14.8 Å². The van der Waals surface area contributed by atoms with Crippen LogP contribution in [0.3, 0.4) is 0 Å². The second kappa shape index (κ2) is 10.5. The van der Waals surface area contributed by atoms with E-state index in [-0.39, 0.29) is 21.0 Å². The second-order valence-electron chi connectivity index (χ2n) is 8.42. The van der Waals surface area contributed by atoms with E-state index in [4.69, 9.17) is 0 Å². The Kier molecular flexibility index (Phi) is 7.33. The highest BCUT2D eigenvalue weighted by Crippen LogP contribution is 2.23. The van der Waals surface area contributed by atoms with Crippen molar-refractivity contribution in [2.75, 3.05) is 14.8 Å². The minimum Gasteiger partial charge on any atom is -0.322 e. The number of rotatable bonds is 8. The van der Waals surface area contributed by atoms with Crippen LogP contribution in [0.4, 0.5) is 17.1 Å². The predicted molar refractivity (Wildman–Crippen MR) is 145 cm³/mol. The molecule has 4 aromatic carbocycles. The largest absolute Gasteiger partial charge is 0.322 e. The summed E-state index contributed by atoms with van der Waals surface area (Å²) in [4.78, 5) is 13.1. The van der Waals surface area contributed by atoms with Crippen molar-refractivity contribution in [2.45, 2.75) is 23.6 Å². The molecular formula is C27H25N3O5S2. The average molecular weight is 536 g/mol. The monoisotopic (exact) mass is 535 g/mol. The summed E-state index contributed by atoms with van der Waals surface area (Å²) >= 11 is 0. The molecule has 0 aliphatic carbocycles. The fraction of sp³-hybridized carbons (Fsp3) is 0.0741. The van der Waals surface area contributed by atoms with E-state index < -0.39 is 26.0 Å². The molecule has 0 aliphatic rings. The molecule has 0 unspecified atom stereocenters. The van der Waals surface area contributed by atoms with Crippen molar-refractivity contribution in [1.82, 2.24) is 0 Å². The summed E-state index contributed by atoms with van der Waals surface area (Å²) in [6, 6.07) is 25.2. The van der Waals surface area contributed by atoms with Gasteiger partial charge in [-0.25, -0.2) is 16.8 Å². The van der Waals surface area contributed by atoms with Crippen LogP contribution >= 0.6 is 0 Å². The van der Waals surface area contributed by atoms with Crippen LogP contribution in [0.1, 0.15) is 21.5 Å². The molecule has 0 saturated carbocycles. The van der Waals surface area contributed by atoms with Gasteiger partial charge in [0, 0.05) is 11.4 Å². The third-order valence-electron chi connectivity index (χ3n) is 5.44. The molecule has 0 atom stereocenters. The van der Waals surface area contributed by atoms with E-state index in [0.717, 1.165) is 11.1 Å². The van der Waals surface area contributed by atoms with Gasteiger partial charge in [0.1, 0.15) is 0 Å². The normalized spacial score (nSPS) is 11.5. The SMILES string of the molecule is Cc1ccc(S(=O)(=O)Nc2ccccc2C(=O)Nc2ccc(S(=O)(=O)Nc3cccc(C)c3)cc2)cc1. The van der Waals surface area contributed by atoms with Crippen molar-refractivity contribution >= 4 is 43.0 Å². The first-order valence-electron chi connectivity index (χ1n) is 11.2. The molecule has 4 aromatic rings. The number of amides is 1. The highest BCUT2D eigenvalue weighted by Gasteiger charge is 2.19. The Balaban J connectivity index is 1.50. The number of carbonyl (C=O) groups excluding carboxylic acids is 1. The van der Waals surface area contributed by atoms with Crippen LogP contribution in [-0.2, 0) is 20.0 Å². The van der Waals surface area contributed by atoms with E-state index in [1.165, 1.54) is 48.5 Å². The van der Waals surface area contributed by atoms with Gasteiger partial charge < -0.3 is 5.32 Å². The Morgan fingerprint density at radius 2 is 1.19 bits per heavy atom. The molecule has 4 rings (SSSR count). The summed E-state index contributed by atoms with van der Waals surface area (Å²) < 4.78 is 56.1. The summed E-state index contributed by atoms with van der Waals surface area (Å²) in [5, 5.41) is 2.68. The molecule has 8 nitrogen and oxygen atoms in total. The maximum Gasteiger partial charge on any atom is 0.261 e. The second-order valence-corrected chi connectivity index (χ2v) is 11.8. The minimum atomic E-state index is -3.91. The zero-order valence-corrected chi connectivity index (χ0v) is 21.7. The standard InChI is InChI=1S/C27H25N3O5S2/c1-19-10-14-23(15-11-19)37(34,35)30-26-9-4-3-8-25(26)27(31)28-21-12-16-24(17-13-21)36(32,33)29-22-7-5-6-20(2)18-22/h3-18,29-30H,1-2H3,(H,28,31). The topological polar surface area (TPSA) is 121 Å². The lowest BCUT2D eigenvalue weighted by atomic mass is 10.1. The van der Waals surface area contributed by atoms with Crippen LogP contribution in [0.15, 0.2) is 107 Å². The fourth-order valence-electron chi connectivity index (χ4n) is 3.53. The number of hydrogen-bond donors (Lipinski definition) is 3. The van der Waals surface area contributed by atoms with Gasteiger partial charge in [-0.15, -0.1) is 0 Å². The van der Waals surface area contributed by atoms with Crippen LogP contribution in [0.25, 0.3) is 0 Å². The third kappa shape index (κ3) is 6.35. The van der Waals surface area contributed by atoms with Crippen LogP contribution in [-0.4, -0.2) is 22.7 Å². The Morgan fingerprint density at radius 1 is 0.595 bits per heavy atom. The van der Waals surface area contributed by atoms with E-state index in [1.54, 1.807) is 42.5 Å². The molecule has 190 valence electrons. The van der Waals surface area contributed by atoms with Crippen molar-refractivity contribution in [1.29, 1.82) is 0 Å². The molecule has 10 heteroatoms. The lowest BCUT2D eigenvalue weighted by Gasteiger charge is -2.13. The lowest BCUT2D eigenvalue weighted by Crippen LogP contribution is -2.18. The summed E-state index contributed by atoms with van der Waals surface area (Å²) in [6.07, 6.45) is 0. The molecule has 1 amide bonds. The minimum absolute atomic E-state index is 0.0262. The number of anilines is 3. The van der Waals surface area contributed by atoms with E-state index >= 15 is 0 Å². The maximum atomic E-state index is 13.0. The van der Waals surface area contributed by atoms with Crippen molar-refractivity contribution in [3.05, 3.63) is 114 Å². The van der Waals surface area contributed by atoms with Crippen LogP contribution in [0, 0.1) is 13.8 Å². The van der Waals surface area contributed by atoms with Gasteiger partial charge in [-0.2, -0.15) is 0 Å². The van der Waals surface area contributed by atoms with Crippen molar-refractivity contribution < 1.29 is 21.6 Å². The quantitative estimate of drug-likeness (QED) is 0.288. The summed E-state index contributed by atoms with van der Waals surface area (Å²) in [7, 11) is -7.74. The molecule has 0 fully saturated rings. The Labute approximate surface area is 216 Å². The first-order valence-corrected chi connectivity index (χ1v) is 14.2. The molecule has 0 spiro atoms. The fourth-order valence-corrected chi connectivity index (χ4v) is 5.66. The van der Waals surface area contributed by atoms with Crippen molar-refractivity contribution in [3.8, 4) is 0 Å². The summed E-state index contributed by atoms with van der Waals surface area (Å²) in [6.45, 7) is 3.72. The van der Waals surface area contributed by atoms with Crippen LogP contribution in [0.5, 0.6) is 0 Å². The summed E-state index contributed by atoms with van der Waals surface area (Å²) in [5.74, 6) is -0.560. The first kappa shape index (κ1) is 25.9. The predicted octanol–water partition coefficient (Wildman–Crippen LogP) is 5.16. The summed E-state index contributed by atoms with van der Waals surface area (Å²) in [5.41, 5.74) is 2.85. The van der Waals surface area contributed by atoms with Crippen LogP contribution < -0.4 is 14.8 Å². The number of aryl methyl sites for hydroxylation is 2. The van der Waals surface area contributed by atoms with E-state index in [9.17, 15) is 21.6 Å². The van der Waals surface area contributed by atoms with Crippen molar-refractivity contribution in [2.24, 2.45) is 0 Å². The van der Waals surface area contributed by atoms with Gasteiger partial charge in [-0.1, -0.05) is 42.0 Å². The Hall–Kier alpha value is -4.15. The number of nitrogens with one attached hydrogen (secondary N) is 3. The molecule has 0 aromatic heterocycles. The third-order valence-corrected chi connectivity index (χ3v) is 8.22. The van der Waals surface area contributed by atoms with Gasteiger partial charge in [0.05, 0.1) is 21.0 Å². The number of benzene rings is 4. The average Bonchev–Trinajstić information content (AvgIpc) is 2.84. The number of para-hydroxylation sites is 1. The Morgan fingerprint density at radius 3 is 1.84 bits per heavy atom. The highest BCUT2D eigenvalue weighted by molar-refractivity contribution is 7.93. The smallest absolute Gasteiger partial charge is 0.261 e.